The topological polar surface area (TPSA) is 125 Å². The van der Waals surface area contributed by atoms with Gasteiger partial charge in [0.25, 0.3) is 0 Å². The minimum atomic E-state index is -1.25. The molecule has 0 fully saturated rings. The molecule has 2 amide bonds. The summed E-state index contributed by atoms with van der Waals surface area (Å²) in [6.45, 7) is 1.58. The van der Waals surface area contributed by atoms with E-state index in [1.165, 1.54) is 0 Å². The number of nitrogens with one attached hydrogen (secondary N) is 2. The van der Waals surface area contributed by atoms with E-state index in [1.54, 1.807) is 0 Å². The van der Waals surface area contributed by atoms with Gasteiger partial charge in [-0.1, -0.05) is 61.9 Å². The van der Waals surface area contributed by atoms with Gasteiger partial charge in [0.2, 0.25) is 5.91 Å². The number of aliphatic hydroxyl groups excluding tert-OH is 1. The first-order valence-corrected chi connectivity index (χ1v) is 10.7. The van der Waals surface area contributed by atoms with Crippen molar-refractivity contribution in [1.82, 2.24) is 10.6 Å². The van der Waals surface area contributed by atoms with Gasteiger partial charge in [-0.2, -0.15) is 0 Å². The van der Waals surface area contributed by atoms with Gasteiger partial charge in [-0.05, 0) is 28.7 Å². The number of alkyl carbamates (subject to hydrolysis) is 1. The third kappa shape index (κ3) is 5.26. The van der Waals surface area contributed by atoms with Gasteiger partial charge in [-0.25, -0.2) is 9.59 Å². The predicted molar refractivity (Wildman–Crippen MR) is 118 cm³/mol. The predicted octanol–water partition coefficient (Wildman–Crippen LogP) is 2.65. The van der Waals surface area contributed by atoms with E-state index in [9.17, 15) is 19.5 Å². The molecule has 170 valence electrons. The molecule has 2 aromatic carbocycles. The normalized spacial score (nSPS) is 14.1. The first kappa shape index (κ1) is 23.3. The summed E-state index contributed by atoms with van der Waals surface area (Å²) in [5.74, 6) is -1.97. The lowest BCUT2D eigenvalue weighted by Crippen LogP contribution is -2.52. The largest absolute Gasteiger partial charge is 0.480 e. The van der Waals surface area contributed by atoms with Crippen LogP contribution in [0.1, 0.15) is 43.2 Å². The number of carboxylic acids is 1. The van der Waals surface area contributed by atoms with E-state index < -0.39 is 30.1 Å². The van der Waals surface area contributed by atoms with Crippen molar-refractivity contribution in [3.63, 3.8) is 0 Å². The maximum atomic E-state index is 12.5. The molecule has 0 saturated carbocycles. The van der Waals surface area contributed by atoms with E-state index in [-0.39, 0.29) is 25.6 Å². The molecule has 0 spiro atoms. The second kappa shape index (κ2) is 10.8. The highest BCUT2D eigenvalue weighted by molar-refractivity contribution is 5.89. The van der Waals surface area contributed by atoms with Gasteiger partial charge in [0.15, 0.2) is 0 Å². The fourth-order valence-corrected chi connectivity index (χ4v) is 4.00. The first-order chi connectivity index (χ1) is 15.5. The smallest absolute Gasteiger partial charge is 0.407 e. The van der Waals surface area contributed by atoms with Gasteiger partial charge in [-0.3, -0.25) is 4.79 Å². The number of carboxylic acid groups (broad SMARTS) is 1. The van der Waals surface area contributed by atoms with Crippen LogP contribution in [-0.2, 0) is 14.3 Å². The van der Waals surface area contributed by atoms with E-state index in [0.29, 0.717) is 12.8 Å². The Morgan fingerprint density at radius 2 is 1.53 bits per heavy atom. The van der Waals surface area contributed by atoms with Gasteiger partial charge in [0.1, 0.15) is 18.7 Å². The molecular weight excluding hydrogens is 412 g/mol. The van der Waals surface area contributed by atoms with E-state index in [4.69, 9.17) is 9.84 Å². The van der Waals surface area contributed by atoms with Crippen molar-refractivity contribution in [1.29, 1.82) is 0 Å². The van der Waals surface area contributed by atoms with Gasteiger partial charge in [0, 0.05) is 18.9 Å². The van der Waals surface area contributed by atoms with Crippen molar-refractivity contribution in [2.75, 3.05) is 13.2 Å². The monoisotopic (exact) mass is 440 g/mol. The average molecular weight is 440 g/mol. The SMILES string of the molecule is CCC[C@@H](NC(=O)OCC1c2ccccc2-c2ccccc21)C(=O)N[C@@H](CCO)C(=O)O. The maximum Gasteiger partial charge on any atom is 0.407 e. The lowest BCUT2D eigenvalue weighted by Gasteiger charge is -2.21. The van der Waals surface area contributed by atoms with Crippen LogP contribution in [0.15, 0.2) is 48.5 Å². The molecule has 0 saturated heterocycles. The second-order valence-corrected chi connectivity index (χ2v) is 7.72. The van der Waals surface area contributed by atoms with Crippen molar-refractivity contribution in [2.45, 2.75) is 44.2 Å². The van der Waals surface area contributed by atoms with Crippen LogP contribution in [0.5, 0.6) is 0 Å². The fraction of sp³-hybridized carbons (Fsp3) is 0.375. The molecule has 8 nitrogen and oxygen atoms in total. The zero-order chi connectivity index (χ0) is 23.1. The third-order valence-electron chi connectivity index (χ3n) is 5.56. The van der Waals surface area contributed by atoms with Crippen molar-refractivity contribution >= 4 is 18.0 Å². The highest BCUT2D eigenvalue weighted by atomic mass is 16.5. The number of ether oxygens (including phenoxy) is 1. The van der Waals surface area contributed by atoms with E-state index in [1.807, 2.05) is 55.5 Å². The quantitative estimate of drug-likeness (QED) is 0.450. The van der Waals surface area contributed by atoms with Crippen LogP contribution in [0, 0.1) is 0 Å². The Morgan fingerprint density at radius 3 is 2.06 bits per heavy atom. The highest BCUT2D eigenvalue weighted by Gasteiger charge is 2.30. The summed E-state index contributed by atoms with van der Waals surface area (Å²) in [4.78, 5) is 36.2. The Balaban J connectivity index is 1.64. The van der Waals surface area contributed by atoms with Crippen LogP contribution in [-0.4, -0.2) is 53.5 Å². The summed E-state index contributed by atoms with van der Waals surface area (Å²) < 4.78 is 5.48. The molecule has 0 aromatic heterocycles. The molecule has 0 unspecified atom stereocenters. The van der Waals surface area contributed by atoms with Crippen molar-refractivity contribution in [2.24, 2.45) is 0 Å². The Kier molecular flexibility index (Phi) is 7.83. The number of hydrogen-bond acceptors (Lipinski definition) is 5. The molecule has 0 heterocycles. The number of fused-ring (bicyclic) bond motifs is 3. The second-order valence-electron chi connectivity index (χ2n) is 7.72. The van der Waals surface area contributed by atoms with Crippen molar-refractivity contribution in [3.05, 3.63) is 59.7 Å². The highest BCUT2D eigenvalue weighted by Crippen LogP contribution is 2.44. The van der Waals surface area contributed by atoms with Gasteiger partial charge in [0.05, 0.1) is 0 Å². The minimum Gasteiger partial charge on any atom is -0.480 e. The molecule has 4 N–H and O–H groups in total. The molecule has 2 aromatic rings. The molecule has 2 atom stereocenters. The molecule has 32 heavy (non-hydrogen) atoms. The van der Waals surface area contributed by atoms with Crippen LogP contribution in [0.25, 0.3) is 11.1 Å². The number of rotatable bonds is 10. The number of carbonyl (C=O) groups is 3. The Labute approximate surface area is 186 Å². The number of amides is 2. The molecule has 0 aliphatic heterocycles. The number of aliphatic hydroxyl groups is 1. The maximum absolute atomic E-state index is 12.5. The van der Waals surface area contributed by atoms with Crippen LogP contribution < -0.4 is 10.6 Å². The van der Waals surface area contributed by atoms with E-state index in [2.05, 4.69) is 10.6 Å². The van der Waals surface area contributed by atoms with Crippen LogP contribution in [0.4, 0.5) is 4.79 Å². The summed E-state index contributed by atoms with van der Waals surface area (Å²) >= 11 is 0. The number of aliphatic carboxylic acids is 1. The molecule has 0 bridgehead atoms. The lowest BCUT2D eigenvalue weighted by atomic mass is 9.98. The van der Waals surface area contributed by atoms with Gasteiger partial charge < -0.3 is 25.6 Å². The zero-order valence-corrected chi connectivity index (χ0v) is 17.9. The van der Waals surface area contributed by atoms with Crippen molar-refractivity contribution in [3.8, 4) is 11.1 Å². The van der Waals surface area contributed by atoms with Crippen molar-refractivity contribution < 1.29 is 29.3 Å². The molecule has 8 heteroatoms. The average Bonchev–Trinajstić information content (AvgIpc) is 3.10. The summed E-state index contributed by atoms with van der Waals surface area (Å²) in [5, 5.41) is 23.1. The first-order valence-electron chi connectivity index (χ1n) is 10.7. The summed E-state index contributed by atoms with van der Waals surface area (Å²) in [6, 6.07) is 13.8. The van der Waals surface area contributed by atoms with Crippen LogP contribution in [0.2, 0.25) is 0 Å². The number of benzene rings is 2. The molecular formula is C24H28N2O6. The Bertz CT molecular complexity index is 931. The Hall–Kier alpha value is -3.39. The van der Waals surface area contributed by atoms with E-state index in [0.717, 1.165) is 22.3 Å². The number of carbonyl (C=O) groups excluding carboxylic acids is 2. The summed E-state index contributed by atoms with van der Waals surface area (Å²) in [6.07, 6.45) is 0.0562. The molecule has 1 aliphatic rings. The summed E-state index contributed by atoms with van der Waals surface area (Å²) in [7, 11) is 0. The van der Waals surface area contributed by atoms with Crippen LogP contribution in [0.3, 0.4) is 0 Å². The summed E-state index contributed by atoms with van der Waals surface area (Å²) in [5.41, 5.74) is 4.39. The molecule has 0 radical (unpaired) electrons. The minimum absolute atomic E-state index is 0.104. The van der Waals surface area contributed by atoms with E-state index >= 15 is 0 Å². The number of hydrogen-bond donors (Lipinski definition) is 4. The molecule has 3 rings (SSSR count). The van der Waals surface area contributed by atoms with Gasteiger partial charge >= 0.3 is 12.1 Å². The third-order valence-corrected chi connectivity index (χ3v) is 5.56. The zero-order valence-electron chi connectivity index (χ0n) is 17.9. The molecule has 1 aliphatic carbocycles. The Morgan fingerprint density at radius 1 is 0.938 bits per heavy atom. The standard InChI is InChI=1S/C24H28N2O6/c1-2-7-20(22(28)25-21(12-13-27)23(29)30)26-24(31)32-14-19-17-10-5-3-8-15(17)16-9-4-6-11-18(16)19/h3-6,8-11,19-21,27H,2,7,12-14H2,1H3,(H,25,28)(H,26,31)(H,29,30)/t20-,21+/m1/s1. The fourth-order valence-electron chi connectivity index (χ4n) is 4.00. The van der Waals surface area contributed by atoms with Gasteiger partial charge in [-0.15, -0.1) is 0 Å². The van der Waals surface area contributed by atoms with Crippen LogP contribution >= 0.6 is 0 Å². The lowest BCUT2D eigenvalue weighted by molar-refractivity contribution is -0.142.